The highest BCUT2D eigenvalue weighted by Crippen LogP contribution is 2.18. The van der Waals surface area contributed by atoms with Gasteiger partial charge in [0.1, 0.15) is 0 Å². The predicted molar refractivity (Wildman–Crippen MR) is 115 cm³/mol. The maximum Gasteiger partial charge on any atom is 0.249 e. The second-order valence-electron chi connectivity index (χ2n) is 7.13. The van der Waals surface area contributed by atoms with Crippen LogP contribution in [0, 0.1) is 0 Å². The lowest BCUT2D eigenvalue weighted by molar-refractivity contribution is -0.118. The summed E-state index contributed by atoms with van der Waals surface area (Å²) in [6.07, 6.45) is 5.44. The predicted octanol–water partition coefficient (Wildman–Crippen LogP) is 2.81. The van der Waals surface area contributed by atoms with E-state index in [2.05, 4.69) is 10.6 Å². The molecule has 3 rings (SSSR count). The van der Waals surface area contributed by atoms with Gasteiger partial charge >= 0.3 is 0 Å². The van der Waals surface area contributed by atoms with E-state index < -0.39 is 0 Å². The number of amides is 2. The van der Waals surface area contributed by atoms with Gasteiger partial charge in [-0.05, 0) is 24.0 Å². The molecule has 150 valence electrons. The molecule has 0 saturated carbocycles. The molecule has 0 fully saturated rings. The van der Waals surface area contributed by atoms with Gasteiger partial charge in [0.2, 0.25) is 11.8 Å². The topological polar surface area (TPSA) is 61.4 Å². The minimum atomic E-state index is -0.129. The zero-order chi connectivity index (χ0) is 20.5. The summed E-state index contributed by atoms with van der Waals surface area (Å²) < 4.78 is 0. The Bertz CT molecular complexity index is 815. The maximum atomic E-state index is 12.5. The largest absolute Gasteiger partial charge is 0.356 e. The molecule has 2 amide bonds. The van der Waals surface area contributed by atoms with E-state index in [4.69, 9.17) is 0 Å². The lowest BCUT2D eigenvalue weighted by atomic mass is 10.0. The number of nitrogens with zero attached hydrogens (tertiary/aromatic N) is 1. The van der Waals surface area contributed by atoms with Crippen molar-refractivity contribution in [1.29, 1.82) is 0 Å². The molecule has 1 aliphatic heterocycles. The average molecular weight is 389 g/mol. The van der Waals surface area contributed by atoms with Crippen LogP contribution in [0.2, 0.25) is 0 Å². The lowest BCUT2D eigenvalue weighted by Gasteiger charge is -2.21. The number of nitrogens with one attached hydrogen (secondary N) is 2. The van der Waals surface area contributed by atoms with Crippen LogP contribution in [0.3, 0.4) is 0 Å². The summed E-state index contributed by atoms with van der Waals surface area (Å²) in [6.45, 7) is 1.12. The minimum Gasteiger partial charge on any atom is -0.356 e. The number of hydrogen-bond acceptors (Lipinski definition) is 3. The van der Waals surface area contributed by atoms with Gasteiger partial charge in [-0.15, -0.1) is 0 Å². The molecule has 2 aromatic carbocycles. The molecule has 0 unspecified atom stereocenters. The highest BCUT2D eigenvalue weighted by Gasteiger charge is 2.20. The third-order valence-electron chi connectivity index (χ3n) is 4.77. The molecule has 0 radical (unpaired) electrons. The molecule has 2 N–H and O–H groups in total. The molecule has 5 nitrogen and oxygen atoms in total. The summed E-state index contributed by atoms with van der Waals surface area (Å²) in [5.74, 6) is -0.258. The van der Waals surface area contributed by atoms with Crippen molar-refractivity contribution in [3.8, 4) is 0 Å². The number of rotatable bonds is 8. The summed E-state index contributed by atoms with van der Waals surface area (Å²) in [6, 6.07) is 20.1. The van der Waals surface area contributed by atoms with Crippen molar-refractivity contribution in [2.24, 2.45) is 0 Å². The van der Waals surface area contributed by atoms with Crippen LogP contribution in [0.15, 0.2) is 84.2 Å². The molecule has 0 atom stereocenters. The van der Waals surface area contributed by atoms with Gasteiger partial charge in [0.25, 0.3) is 0 Å². The molecule has 0 bridgehead atoms. The zero-order valence-corrected chi connectivity index (χ0v) is 16.7. The van der Waals surface area contributed by atoms with Crippen LogP contribution in [0.4, 0.5) is 0 Å². The second kappa shape index (κ2) is 10.3. The molecule has 29 heavy (non-hydrogen) atoms. The summed E-state index contributed by atoms with van der Waals surface area (Å²) in [4.78, 5) is 26.8. The van der Waals surface area contributed by atoms with Gasteiger partial charge in [-0.25, -0.2) is 0 Å². The first-order valence-corrected chi connectivity index (χ1v) is 9.89. The molecule has 1 heterocycles. The molecule has 0 aromatic heterocycles. The Labute approximate surface area is 172 Å². The van der Waals surface area contributed by atoms with E-state index in [-0.39, 0.29) is 11.8 Å². The molecular formula is C24H27N3O2. The van der Waals surface area contributed by atoms with Crippen molar-refractivity contribution in [3.05, 3.63) is 95.3 Å². The lowest BCUT2D eigenvalue weighted by Crippen LogP contribution is -2.33. The Morgan fingerprint density at radius 1 is 0.759 bits per heavy atom. The Hall–Kier alpha value is -3.34. The van der Waals surface area contributed by atoms with Gasteiger partial charge in [0.15, 0.2) is 0 Å². The van der Waals surface area contributed by atoms with E-state index >= 15 is 0 Å². The maximum absolute atomic E-state index is 12.5. The van der Waals surface area contributed by atoms with E-state index in [1.165, 1.54) is 11.1 Å². The number of hydrogen-bond donors (Lipinski definition) is 2. The Kier molecular flexibility index (Phi) is 7.22. The fraction of sp³-hybridized carbons (Fsp3) is 0.250. The van der Waals surface area contributed by atoms with E-state index in [1.54, 1.807) is 17.3 Å². The second-order valence-corrected chi connectivity index (χ2v) is 7.13. The van der Waals surface area contributed by atoms with Crippen molar-refractivity contribution < 1.29 is 9.59 Å². The Balaban J connectivity index is 1.46. The standard InChI is InChI=1S/C24H27N3O2/c1-27-17-21(23(28)25-14-12-19-8-4-2-5-9-19)16-22(18-27)24(29)26-15-13-20-10-6-3-7-11-20/h2-11,17-18H,12-16H2,1H3,(H,25,28)(H,26,29). The monoisotopic (exact) mass is 389 g/mol. The van der Waals surface area contributed by atoms with E-state index in [1.807, 2.05) is 67.7 Å². The minimum absolute atomic E-state index is 0.129. The van der Waals surface area contributed by atoms with E-state index in [0.29, 0.717) is 30.7 Å². The van der Waals surface area contributed by atoms with Gasteiger partial charge < -0.3 is 15.5 Å². The Morgan fingerprint density at radius 2 is 1.17 bits per heavy atom. The fourth-order valence-electron chi connectivity index (χ4n) is 3.26. The highest BCUT2D eigenvalue weighted by molar-refractivity contribution is 5.99. The van der Waals surface area contributed by atoms with Crippen molar-refractivity contribution in [3.63, 3.8) is 0 Å². The van der Waals surface area contributed by atoms with Crippen LogP contribution < -0.4 is 10.6 Å². The average Bonchev–Trinajstić information content (AvgIpc) is 2.74. The van der Waals surface area contributed by atoms with Crippen LogP contribution in [-0.2, 0) is 22.4 Å². The van der Waals surface area contributed by atoms with Crippen molar-refractivity contribution in [2.75, 3.05) is 20.1 Å². The Morgan fingerprint density at radius 3 is 1.59 bits per heavy atom. The third-order valence-corrected chi connectivity index (χ3v) is 4.77. The molecule has 1 aliphatic rings. The van der Waals surface area contributed by atoms with Gasteiger partial charge in [-0.3, -0.25) is 9.59 Å². The number of benzene rings is 2. The normalized spacial score (nSPS) is 13.3. The SMILES string of the molecule is CN1C=C(C(=O)NCCc2ccccc2)CC(C(=O)NCCc2ccccc2)=C1. The van der Waals surface area contributed by atoms with Crippen LogP contribution in [0.5, 0.6) is 0 Å². The quantitative estimate of drug-likeness (QED) is 0.730. The summed E-state index contributed by atoms with van der Waals surface area (Å²) in [5, 5.41) is 5.91. The fourth-order valence-corrected chi connectivity index (χ4v) is 3.26. The van der Waals surface area contributed by atoms with Crippen molar-refractivity contribution in [1.82, 2.24) is 15.5 Å². The smallest absolute Gasteiger partial charge is 0.249 e. The summed E-state index contributed by atoms with van der Waals surface area (Å²) in [5.41, 5.74) is 3.55. The van der Waals surface area contributed by atoms with Crippen LogP contribution >= 0.6 is 0 Å². The number of carbonyl (C=O) groups is 2. The van der Waals surface area contributed by atoms with E-state index in [9.17, 15) is 9.59 Å². The van der Waals surface area contributed by atoms with Gasteiger partial charge in [-0.2, -0.15) is 0 Å². The van der Waals surface area contributed by atoms with Gasteiger partial charge in [-0.1, -0.05) is 60.7 Å². The molecule has 0 aliphatic carbocycles. The third kappa shape index (κ3) is 6.35. The molecule has 5 heteroatoms. The van der Waals surface area contributed by atoms with Crippen LogP contribution in [0.1, 0.15) is 17.5 Å². The summed E-state index contributed by atoms with van der Waals surface area (Å²) >= 11 is 0. The first-order valence-electron chi connectivity index (χ1n) is 9.89. The van der Waals surface area contributed by atoms with E-state index in [0.717, 1.165) is 12.8 Å². The van der Waals surface area contributed by atoms with Crippen molar-refractivity contribution in [2.45, 2.75) is 19.3 Å². The van der Waals surface area contributed by atoms with Gasteiger partial charge in [0, 0.05) is 50.1 Å². The zero-order valence-electron chi connectivity index (χ0n) is 16.7. The first-order chi connectivity index (χ1) is 14.1. The molecule has 2 aromatic rings. The van der Waals surface area contributed by atoms with Crippen molar-refractivity contribution >= 4 is 11.8 Å². The number of carbonyl (C=O) groups excluding carboxylic acids is 2. The molecular weight excluding hydrogens is 362 g/mol. The van der Waals surface area contributed by atoms with Crippen LogP contribution in [-0.4, -0.2) is 36.9 Å². The summed E-state index contributed by atoms with van der Waals surface area (Å²) in [7, 11) is 1.83. The van der Waals surface area contributed by atoms with Crippen LogP contribution in [0.25, 0.3) is 0 Å². The molecule has 0 spiro atoms. The molecule has 0 saturated heterocycles. The highest BCUT2D eigenvalue weighted by atomic mass is 16.2. The first kappa shape index (κ1) is 20.4. The van der Waals surface area contributed by atoms with Gasteiger partial charge in [0.05, 0.1) is 0 Å².